The number of hydrogen-bond acceptors (Lipinski definition) is 4. The van der Waals surface area contributed by atoms with Crippen LogP contribution >= 0.6 is 139 Å². The SMILES string of the molecule is O=S(=O)(C1C=C(Cl)C(Cl)(c2ccccc2Cl)C=C1Cl)C1C=C(Cl)C(Cl)(c2ccccc2Cl)C=C1Cl.O=S(=O)(c1ccc(Cl)cc1)c1cc(Cl)c(Cl)cc1Cl. The Balaban J connectivity index is 0.000000249. The summed E-state index contributed by atoms with van der Waals surface area (Å²) in [7, 11) is -7.90. The van der Waals surface area contributed by atoms with Crippen LogP contribution in [0.2, 0.25) is 30.1 Å². The van der Waals surface area contributed by atoms with Gasteiger partial charge in [0.15, 0.2) is 9.84 Å². The Morgan fingerprint density at radius 2 is 0.889 bits per heavy atom. The van der Waals surface area contributed by atoms with E-state index in [4.69, 9.17) is 139 Å². The molecule has 0 fully saturated rings. The molecule has 4 atom stereocenters. The molecule has 54 heavy (non-hydrogen) atoms. The molecule has 4 unspecified atom stereocenters. The lowest BCUT2D eigenvalue weighted by Crippen LogP contribution is -2.37. The minimum absolute atomic E-state index is 0.0179. The van der Waals surface area contributed by atoms with Gasteiger partial charge >= 0.3 is 0 Å². The van der Waals surface area contributed by atoms with Crippen LogP contribution in [0.4, 0.5) is 0 Å². The Morgan fingerprint density at radius 1 is 0.481 bits per heavy atom. The maximum absolute atomic E-state index is 13.7. The van der Waals surface area contributed by atoms with Crippen LogP contribution in [0.3, 0.4) is 0 Å². The van der Waals surface area contributed by atoms with Crippen molar-refractivity contribution in [1.82, 2.24) is 0 Å². The van der Waals surface area contributed by atoms with Crippen LogP contribution in [0.15, 0.2) is 139 Å². The summed E-state index contributed by atoms with van der Waals surface area (Å²) in [6, 6.07) is 21.9. The van der Waals surface area contributed by atoms with E-state index in [0.717, 1.165) is 0 Å². The fourth-order valence-electron chi connectivity index (χ4n) is 5.39. The van der Waals surface area contributed by atoms with Gasteiger partial charge in [0.1, 0.15) is 20.2 Å². The third-order valence-electron chi connectivity index (χ3n) is 8.14. The van der Waals surface area contributed by atoms with Crippen molar-refractivity contribution in [1.29, 1.82) is 0 Å². The van der Waals surface area contributed by atoms with Crippen LogP contribution in [0.25, 0.3) is 0 Å². The summed E-state index contributed by atoms with van der Waals surface area (Å²) < 4.78 is 52.2. The van der Waals surface area contributed by atoms with Crippen molar-refractivity contribution in [3.63, 3.8) is 0 Å². The van der Waals surface area contributed by atoms with Crippen LogP contribution in [0.1, 0.15) is 11.1 Å². The highest BCUT2D eigenvalue weighted by Gasteiger charge is 2.47. The summed E-state index contributed by atoms with van der Waals surface area (Å²) in [5.41, 5.74) is 0.924. The maximum atomic E-state index is 13.7. The average molecular weight is 1010 g/mol. The zero-order chi connectivity index (χ0) is 40.0. The first-order valence-electron chi connectivity index (χ1n) is 14.9. The fourth-order valence-corrected chi connectivity index (χ4v) is 12.9. The topological polar surface area (TPSA) is 68.3 Å². The lowest BCUT2D eigenvalue weighted by Gasteiger charge is -2.34. The third-order valence-corrected chi connectivity index (χ3v) is 17.2. The molecule has 2 aliphatic rings. The maximum Gasteiger partial charge on any atom is 0.208 e. The average Bonchev–Trinajstić information content (AvgIpc) is 3.10. The highest BCUT2D eigenvalue weighted by molar-refractivity contribution is 7.93. The van der Waals surface area contributed by atoms with Crippen LogP contribution in [-0.2, 0) is 29.4 Å². The zero-order valence-electron chi connectivity index (χ0n) is 26.5. The van der Waals surface area contributed by atoms with Crippen LogP contribution in [-0.4, -0.2) is 27.3 Å². The predicted octanol–water partition coefficient (Wildman–Crippen LogP) is 14.4. The molecule has 4 nitrogen and oxygen atoms in total. The molecule has 0 radical (unpaired) electrons. The summed E-state index contributed by atoms with van der Waals surface area (Å²) in [5, 5.41) is -1.26. The smallest absolute Gasteiger partial charge is 0.208 e. The molecule has 2 aliphatic carbocycles. The van der Waals surface area contributed by atoms with E-state index in [1.54, 1.807) is 48.5 Å². The van der Waals surface area contributed by atoms with Crippen molar-refractivity contribution in [2.75, 3.05) is 0 Å². The van der Waals surface area contributed by atoms with Gasteiger partial charge < -0.3 is 0 Å². The lowest BCUT2D eigenvalue weighted by molar-refractivity contribution is 0.589. The molecule has 284 valence electrons. The van der Waals surface area contributed by atoms with Gasteiger partial charge in [0.05, 0.1) is 24.9 Å². The molecule has 0 aromatic heterocycles. The molecular weight excluding hydrogens is 986 g/mol. The second kappa shape index (κ2) is 17.2. The number of rotatable bonds is 6. The quantitative estimate of drug-likeness (QED) is 0.143. The number of benzene rings is 4. The van der Waals surface area contributed by atoms with Gasteiger partial charge in [0.2, 0.25) is 9.84 Å². The van der Waals surface area contributed by atoms with Crippen molar-refractivity contribution in [3.8, 4) is 0 Å². The Morgan fingerprint density at radius 3 is 1.31 bits per heavy atom. The minimum Gasteiger partial charge on any atom is -0.227 e. The Hall–Kier alpha value is -0.780. The molecule has 0 N–H and O–H groups in total. The molecule has 0 saturated carbocycles. The van der Waals surface area contributed by atoms with Gasteiger partial charge in [-0.2, -0.15) is 0 Å². The monoisotopic (exact) mass is 1000 g/mol. The van der Waals surface area contributed by atoms with E-state index in [1.165, 1.54) is 60.7 Å². The second-order valence-corrected chi connectivity index (χ2v) is 21.0. The van der Waals surface area contributed by atoms with Gasteiger partial charge in [-0.3, -0.25) is 0 Å². The van der Waals surface area contributed by atoms with Gasteiger partial charge in [0.25, 0.3) is 0 Å². The zero-order valence-corrected chi connectivity index (χ0v) is 37.2. The minimum atomic E-state index is -4.14. The first-order chi connectivity index (χ1) is 25.1. The van der Waals surface area contributed by atoms with Crippen LogP contribution in [0, 0.1) is 0 Å². The van der Waals surface area contributed by atoms with Crippen molar-refractivity contribution >= 4 is 159 Å². The summed E-state index contributed by atoms with van der Waals surface area (Å²) in [6.07, 6.45) is 5.28. The van der Waals surface area contributed by atoms with Crippen LogP contribution < -0.4 is 0 Å². The highest BCUT2D eigenvalue weighted by Crippen LogP contribution is 2.52. The normalized spacial score (nSPS) is 23.0. The second-order valence-electron chi connectivity index (χ2n) is 11.6. The molecule has 0 spiro atoms. The third kappa shape index (κ3) is 8.79. The van der Waals surface area contributed by atoms with E-state index in [2.05, 4.69) is 0 Å². The molecule has 4 aromatic carbocycles. The molecule has 0 heterocycles. The highest BCUT2D eigenvalue weighted by atomic mass is 35.5. The van der Waals surface area contributed by atoms with E-state index in [1.807, 2.05) is 0 Å². The van der Waals surface area contributed by atoms with E-state index in [9.17, 15) is 16.8 Å². The molecule has 6 rings (SSSR count). The first-order valence-corrected chi connectivity index (χ1v) is 22.5. The van der Waals surface area contributed by atoms with Gasteiger partial charge in [-0.15, -0.1) is 23.2 Å². The number of hydrogen-bond donors (Lipinski definition) is 0. The van der Waals surface area contributed by atoms with Gasteiger partial charge in [-0.25, -0.2) is 16.8 Å². The molecule has 4 aromatic rings. The van der Waals surface area contributed by atoms with E-state index in [-0.39, 0.29) is 45.0 Å². The fraction of sp³-hybridized carbons (Fsp3) is 0.111. The lowest BCUT2D eigenvalue weighted by atomic mass is 9.93. The Bertz CT molecular complexity index is 2380. The Kier molecular flexibility index (Phi) is 14.1. The summed E-state index contributed by atoms with van der Waals surface area (Å²) in [6.45, 7) is 0. The summed E-state index contributed by atoms with van der Waals surface area (Å²) >= 11 is 75.4. The predicted molar refractivity (Wildman–Crippen MR) is 229 cm³/mol. The van der Waals surface area contributed by atoms with Crippen molar-refractivity contribution in [2.45, 2.75) is 30.0 Å². The first kappa shape index (κ1) is 44.3. The summed E-state index contributed by atoms with van der Waals surface area (Å²) in [5.74, 6) is 0. The van der Waals surface area contributed by atoms with E-state index < -0.39 is 39.9 Å². The van der Waals surface area contributed by atoms with E-state index in [0.29, 0.717) is 26.2 Å². The standard InChI is InChI=1S/C24H14Cl8O2S.C12H6Cl4O2S/c25-15-7-3-1-5-13(15)23(31)11-17(27)19(9-21(23)29)35(33,34)20-10-22(30)24(32,12-18(20)28)14-6-2-4-8-16(14)26;13-7-1-3-8(4-2-7)19(17,18)12-6-10(15)9(14)5-11(12)16/h1-12,19-20H;1-6H. The van der Waals surface area contributed by atoms with E-state index >= 15 is 0 Å². The number of sulfone groups is 2. The van der Waals surface area contributed by atoms with Crippen molar-refractivity contribution < 1.29 is 16.8 Å². The molecule has 0 amide bonds. The van der Waals surface area contributed by atoms with Gasteiger partial charge in [-0.05, 0) is 72.8 Å². The molecule has 0 saturated heterocycles. The molecule has 0 bridgehead atoms. The van der Waals surface area contributed by atoms with Crippen LogP contribution in [0.5, 0.6) is 0 Å². The largest absolute Gasteiger partial charge is 0.227 e. The summed E-state index contributed by atoms with van der Waals surface area (Å²) in [4.78, 5) is -2.88. The number of alkyl halides is 2. The number of halogens is 12. The van der Waals surface area contributed by atoms with Crippen molar-refractivity contribution in [2.24, 2.45) is 0 Å². The van der Waals surface area contributed by atoms with Crippen molar-refractivity contribution in [3.05, 3.63) is 171 Å². The Labute approximate surface area is 372 Å². The van der Waals surface area contributed by atoms with Gasteiger partial charge in [0, 0.05) is 46.3 Å². The molecule has 18 heteroatoms. The molecular formula is C36H20Cl12O4S2. The molecule has 0 aliphatic heterocycles. The number of allylic oxidation sites excluding steroid dienone is 4. The van der Waals surface area contributed by atoms with Gasteiger partial charge in [-0.1, -0.05) is 152 Å².